The van der Waals surface area contributed by atoms with E-state index in [4.69, 9.17) is 0 Å². The Balaban J connectivity index is 2.04. The molecule has 0 aromatic heterocycles. The molecule has 104 valence electrons. The number of anilines is 1. The van der Waals surface area contributed by atoms with Crippen molar-refractivity contribution in [2.75, 3.05) is 12.4 Å². The van der Waals surface area contributed by atoms with Crippen LogP contribution in [0.1, 0.15) is 44.6 Å². The average molecular weight is 260 g/mol. The van der Waals surface area contributed by atoms with E-state index in [2.05, 4.69) is 23.5 Å². The van der Waals surface area contributed by atoms with E-state index < -0.39 is 0 Å². The predicted molar refractivity (Wildman–Crippen MR) is 79.1 cm³/mol. The van der Waals surface area contributed by atoms with Crippen LogP contribution in [0.5, 0.6) is 0 Å². The minimum Gasteiger partial charge on any atom is -0.382 e. The van der Waals surface area contributed by atoms with Crippen molar-refractivity contribution in [2.24, 2.45) is 0 Å². The highest BCUT2D eigenvalue weighted by Gasteiger charge is 2.15. The van der Waals surface area contributed by atoms with Crippen molar-refractivity contribution in [3.63, 3.8) is 0 Å². The Hall–Kier alpha value is -1.51. The number of hydrogen-bond acceptors (Lipinski definition) is 2. The standard InChI is InChI=1S/C16H24N2O/c1-13(19)18(2)12-14-8-6-7-11-16(14)17-15-9-4-3-5-10-15/h6-8,11,15,17H,3-5,9-10,12H2,1-2H3. The summed E-state index contributed by atoms with van der Waals surface area (Å²) in [5.41, 5.74) is 2.38. The van der Waals surface area contributed by atoms with E-state index in [0.717, 1.165) is 0 Å². The van der Waals surface area contributed by atoms with Crippen molar-refractivity contribution in [2.45, 2.75) is 51.6 Å². The molecule has 1 aliphatic rings. The minimum absolute atomic E-state index is 0.104. The molecule has 0 unspecified atom stereocenters. The van der Waals surface area contributed by atoms with Crippen molar-refractivity contribution in [3.05, 3.63) is 29.8 Å². The van der Waals surface area contributed by atoms with E-state index >= 15 is 0 Å². The summed E-state index contributed by atoms with van der Waals surface area (Å²) in [7, 11) is 1.85. The summed E-state index contributed by atoms with van der Waals surface area (Å²) in [5.74, 6) is 0.104. The molecule has 0 aliphatic heterocycles. The molecule has 2 rings (SSSR count). The van der Waals surface area contributed by atoms with Gasteiger partial charge in [-0.1, -0.05) is 37.5 Å². The van der Waals surface area contributed by atoms with Crippen LogP contribution in [0.4, 0.5) is 5.69 Å². The van der Waals surface area contributed by atoms with E-state index in [0.29, 0.717) is 12.6 Å². The van der Waals surface area contributed by atoms with E-state index in [-0.39, 0.29) is 5.91 Å². The second kappa shape index (κ2) is 6.60. The average Bonchev–Trinajstić information content (AvgIpc) is 2.42. The van der Waals surface area contributed by atoms with Gasteiger partial charge >= 0.3 is 0 Å². The second-order valence-electron chi connectivity index (χ2n) is 5.51. The zero-order chi connectivity index (χ0) is 13.7. The molecular weight excluding hydrogens is 236 g/mol. The zero-order valence-electron chi connectivity index (χ0n) is 12.0. The molecule has 0 radical (unpaired) electrons. The summed E-state index contributed by atoms with van der Waals surface area (Å²) >= 11 is 0. The first kappa shape index (κ1) is 13.9. The Labute approximate surface area is 116 Å². The van der Waals surface area contributed by atoms with Crippen LogP contribution in [0.3, 0.4) is 0 Å². The Kier molecular flexibility index (Phi) is 4.83. The molecule has 1 aromatic carbocycles. The van der Waals surface area contributed by atoms with Crippen molar-refractivity contribution in [1.82, 2.24) is 4.90 Å². The third-order valence-electron chi connectivity index (χ3n) is 3.93. The van der Waals surface area contributed by atoms with Gasteiger partial charge < -0.3 is 10.2 Å². The van der Waals surface area contributed by atoms with E-state index in [1.165, 1.54) is 43.4 Å². The van der Waals surface area contributed by atoms with E-state index in [1.54, 1.807) is 11.8 Å². The number of amides is 1. The number of nitrogens with one attached hydrogen (secondary N) is 1. The first-order chi connectivity index (χ1) is 9.16. The number of para-hydroxylation sites is 1. The topological polar surface area (TPSA) is 32.3 Å². The number of hydrogen-bond donors (Lipinski definition) is 1. The Bertz CT molecular complexity index is 425. The first-order valence-electron chi connectivity index (χ1n) is 7.23. The molecule has 1 aliphatic carbocycles. The van der Waals surface area contributed by atoms with Crippen LogP contribution in [0.25, 0.3) is 0 Å². The number of rotatable bonds is 4. The third kappa shape index (κ3) is 3.98. The molecule has 0 saturated heterocycles. The van der Waals surface area contributed by atoms with Gasteiger partial charge in [0.15, 0.2) is 0 Å². The highest BCUT2D eigenvalue weighted by atomic mass is 16.2. The summed E-state index contributed by atoms with van der Waals surface area (Å²) in [6.45, 7) is 2.28. The summed E-state index contributed by atoms with van der Waals surface area (Å²) in [5, 5.41) is 3.66. The largest absolute Gasteiger partial charge is 0.382 e. The van der Waals surface area contributed by atoms with Gasteiger partial charge in [-0.15, -0.1) is 0 Å². The Morgan fingerprint density at radius 1 is 1.26 bits per heavy atom. The van der Waals surface area contributed by atoms with Gasteiger partial charge in [-0.3, -0.25) is 4.79 Å². The molecule has 1 aromatic rings. The smallest absolute Gasteiger partial charge is 0.219 e. The highest BCUT2D eigenvalue weighted by Crippen LogP contribution is 2.24. The number of benzene rings is 1. The first-order valence-corrected chi connectivity index (χ1v) is 7.23. The van der Waals surface area contributed by atoms with Crippen molar-refractivity contribution in [1.29, 1.82) is 0 Å². The van der Waals surface area contributed by atoms with Crippen LogP contribution < -0.4 is 5.32 Å². The minimum atomic E-state index is 0.104. The zero-order valence-corrected chi connectivity index (χ0v) is 12.0. The molecule has 0 spiro atoms. The van der Waals surface area contributed by atoms with Gasteiger partial charge in [0.2, 0.25) is 5.91 Å². The van der Waals surface area contributed by atoms with Crippen LogP contribution >= 0.6 is 0 Å². The fourth-order valence-electron chi connectivity index (χ4n) is 2.63. The third-order valence-corrected chi connectivity index (χ3v) is 3.93. The molecule has 1 saturated carbocycles. The monoisotopic (exact) mass is 260 g/mol. The van der Waals surface area contributed by atoms with Crippen LogP contribution in [0.2, 0.25) is 0 Å². The van der Waals surface area contributed by atoms with Gasteiger partial charge in [0.1, 0.15) is 0 Å². The fraction of sp³-hybridized carbons (Fsp3) is 0.562. The SMILES string of the molecule is CC(=O)N(C)Cc1ccccc1NC1CCCCC1. The molecule has 1 amide bonds. The van der Waals surface area contributed by atoms with Gasteiger partial charge in [0.05, 0.1) is 0 Å². The molecule has 1 fully saturated rings. The lowest BCUT2D eigenvalue weighted by molar-refractivity contribution is -0.128. The second-order valence-corrected chi connectivity index (χ2v) is 5.51. The van der Waals surface area contributed by atoms with E-state index in [1.807, 2.05) is 13.1 Å². The van der Waals surface area contributed by atoms with Gasteiger partial charge in [-0.25, -0.2) is 0 Å². The quantitative estimate of drug-likeness (QED) is 0.899. The van der Waals surface area contributed by atoms with Crippen LogP contribution in [0, 0.1) is 0 Å². The number of carbonyl (C=O) groups excluding carboxylic acids is 1. The van der Waals surface area contributed by atoms with Crippen molar-refractivity contribution >= 4 is 11.6 Å². The lowest BCUT2D eigenvalue weighted by Crippen LogP contribution is -2.26. The summed E-state index contributed by atoms with van der Waals surface area (Å²) < 4.78 is 0. The maximum absolute atomic E-state index is 11.4. The normalized spacial score (nSPS) is 16.1. The fourth-order valence-corrected chi connectivity index (χ4v) is 2.63. The van der Waals surface area contributed by atoms with Crippen LogP contribution in [0.15, 0.2) is 24.3 Å². The molecule has 0 heterocycles. The van der Waals surface area contributed by atoms with Gasteiger partial charge in [0.25, 0.3) is 0 Å². The highest BCUT2D eigenvalue weighted by molar-refractivity contribution is 5.73. The van der Waals surface area contributed by atoms with Gasteiger partial charge in [0, 0.05) is 32.2 Å². The summed E-state index contributed by atoms with van der Waals surface area (Å²) in [4.78, 5) is 13.1. The maximum Gasteiger partial charge on any atom is 0.219 e. The molecule has 0 bridgehead atoms. The Morgan fingerprint density at radius 2 is 1.95 bits per heavy atom. The molecule has 0 atom stereocenters. The molecule has 3 nitrogen and oxygen atoms in total. The lowest BCUT2D eigenvalue weighted by atomic mass is 9.95. The number of nitrogens with zero attached hydrogens (tertiary/aromatic N) is 1. The van der Waals surface area contributed by atoms with Crippen molar-refractivity contribution < 1.29 is 4.79 Å². The molecule has 19 heavy (non-hydrogen) atoms. The van der Waals surface area contributed by atoms with Crippen LogP contribution in [-0.2, 0) is 11.3 Å². The van der Waals surface area contributed by atoms with Gasteiger partial charge in [-0.2, -0.15) is 0 Å². The predicted octanol–water partition coefficient (Wildman–Crippen LogP) is 3.41. The number of carbonyl (C=O) groups is 1. The van der Waals surface area contributed by atoms with Crippen molar-refractivity contribution in [3.8, 4) is 0 Å². The van der Waals surface area contributed by atoms with Crippen LogP contribution in [-0.4, -0.2) is 23.9 Å². The van der Waals surface area contributed by atoms with E-state index in [9.17, 15) is 4.79 Å². The molecular formula is C16H24N2O. The Morgan fingerprint density at radius 3 is 2.63 bits per heavy atom. The van der Waals surface area contributed by atoms with Gasteiger partial charge in [-0.05, 0) is 24.5 Å². The molecule has 1 N–H and O–H groups in total. The maximum atomic E-state index is 11.4. The summed E-state index contributed by atoms with van der Waals surface area (Å²) in [6.07, 6.45) is 6.54. The summed E-state index contributed by atoms with van der Waals surface area (Å²) in [6, 6.07) is 8.91. The molecule has 3 heteroatoms. The lowest BCUT2D eigenvalue weighted by Gasteiger charge is -2.26.